The molecule has 5 nitrogen and oxygen atoms in total. The number of nitro benzene ring substituents is 1. The Morgan fingerprint density at radius 2 is 2.04 bits per heavy atom. The summed E-state index contributed by atoms with van der Waals surface area (Å²) >= 11 is 0. The quantitative estimate of drug-likeness (QED) is 0.484. The maximum atomic E-state index is 13.9. The second-order valence-electron chi connectivity index (χ2n) is 4.77. The van der Waals surface area contributed by atoms with Gasteiger partial charge in [-0.1, -0.05) is 18.7 Å². The maximum Gasteiger partial charge on any atom is 0.334 e. The Bertz CT molecular complexity index is 763. The molecule has 2 rings (SSSR count). The Morgan fingerprint density at radius 3 is 2.65 bits per heavy atom. The van der Waals surface area contributed by atoms with Gasteiger partial charge in [0, 0.05) is 12.1 Å². The predicted molar refractivity (Wildman–Crippen MR) is 83.2 cm³/mol. The summed E-state index contributed by atoms with van der Waals surface area (Å²) in [6, 6.07) is 6.13. The van der Waals surface area contributed by atoms with E-state index >= 15 is 0 Å². The average molecular weight is 320 g/mol. The van der Waals surface area contributed by atoms with Gasteiger partial charge >= 0.3 is 5.69 Å². The first-order chi connectivity index (χ1) is 10.9. The van der Waals surface area contributed by atoms with Gasteiger partial charge in [-0.3, -0.25) is 10.1 Å². The van der Waals surface area contributed by atoms with Gasteiger partial charge in [-0.15, -0.1) is 0 Å². The lowest BCUT2D eigenvalue weighted by Gasteiger charge is -2.12. The summed E-state index contributed by atoms with van der Waals surface area (Å²) in [5, 5.41) is 13.8. The lowest BCUT2D eigenvalue weighted by Crippen LogP contribution is -2.04. The minimum Gasteiger partial charge on any atom is -0.482 e. The minimum absolute atomic E-state index is 0.000953. The lowest BCUT2D eigenvalue weighted by molar-refractivity contribution is -0.384. The van der Waals surface area contributed by atoms with E-state index in [0.29, 0.717) is 5.56 Å². The topological polar surface area (TPSA) is 64.4 Å². The van der Waals surface area contributed by atoms with Crippen molar-refractivity contribution in [1.82, 2.24) is 0 Å². The Balaban J connectivity index is 2.49. The Hall–Kier alpha value is -2.96. The van der Waals surface area contributed by atoms with Gasteiger partial charge in [0.05, 0.1) is 10.6 Å². The van der Waals surface area contributed by atoms with E-state index < -0.39 is 22.2 Å². The van der Waals surface area contributed by atoms with E-state index in [1.165, 1.54) is 18.2 Å². The van der Waals surface area contributed by atoms with Gasteiger partial charge in [0.2, 0.25) is 5.75 Å². The number of nitrogens with one attached hydrogen (secondary N) is 1. The van der Waals surface area contributed by atoms with Crippen LogP contribution in [0.3, 0.4) is 0 Å². The monoisotopic (exact) mass is 320 g/mol. The van der Waals surface area contributed by atoms with Gasteiger partial charge in [0.1, 0.15) is 23.9 Å². The fourth-order valence-electron chi connectivity index (χ4n) is 1.98. The number of anilines is 2. The number of hydrogen-bond acceptors (Lipinski definition) is 4. The second kappa shape index (κ2) is 6.87. The van der Waals surface area contributed by atoms with Crippen LogP contribution in [-0.2, 0) is 0 Å². The van der Waals surface area contributed by atoms with Gasteiger partial charge in [0.25, 0.3) is 0 Å². The summed E-state index contributed by atoms with van der Waals surface area (Å²) in [4.78, 5) is 10.6. The molecule has 120 valence electrons. The third-order valence-corrected chi connectivity index (χ3v) is 2.97. The molecule has 0 saturated heterocycles. The largest absolute Gasteiger partial charge is 0.482 e. The zero-order valence-corrected chi connectivity index (χ0v) is 12.3. The van der Waals surface area contributed by atoms with Crippen LogP contribution in [0.25, 0.3) is 0 Å². The van der Waals surface area contributed by atoms with Crippen LogP contribution in [0, 0.1) is 28.7 Å². The van der Waals surface area contributed by atoms with Gasteiger partial charge in [-0.25, -0.2) is 8.78 Å². The number of aryl methyl sites for hydroxylation is 1. The van der Waals surface area contributed by atoms with E-state index in [1.54, 1.807) is 13.0 Å². The van der Waals surface area contributed by atoms with Gasteiger partial charge in [-0.2, -0.15) is 0 Å². The summed E-state index contributed by atoms with van der Waals surface area (Å²) in [5.74, 6) is -1.60. The van der Waals surface area contributed by atoms with Crippen LogP contribution in [0.4, 0.5) is 25.8 Å². The minimum atomic E-state index is -0.746. The molecule has 0 aromatic heterocycles. The summed E-state index contributed by atoms with van der Waals surface area (Å²) in [6.07, 6.45) is 1.38. The van der Waals surface area contributed by atoms with Crippen molar-refractivity contribution >= 4 is 17.1 Å². The van der Waals surface area contributed by atoms with Crippen molar-refractivity contribution in [2.75, 3.05) is 11.9 Å². The first kappa shape index (κ1) is 16.4. The number of rotatable bonds is 6. The molecule has 0 saturated carbocycles. The van der Waals surface area contributed by atoms with E-state index in [4.69, 9.17) is 4.74 Å². The molecule has 0 radical (unpaired) electrons. The molecule has 7 heteroatoms. The Labute approximate surface area is 131 Å². The van der Waals surface area contributed by atoms with Crippen molar-refractivity contribution in [3.05, 3.63) is 70.3 Å². The molecule has 0 bridgehead atoms. The molecule has 0 heterocycles. The van der Waals surface area contributed by atoms with Crippen LogP contribution >= 0.6 is 0 Å². The molecule has 0 aliphatic rings. The second-order valence-corrected chi connectivity index (χ2v) is 4.77. The predicted octanol–water partition coefficient (Wildman–Crippen LogP) is 4.49. The standard InChI is InChI=1S/C16H14F2N2O3/c1-3-6-23-15-9-11(17)8-14(16(15)20(21)22)19-13-5-4-10(2)7-12(13)18/h3-5,7-9,19H,1,6H2,2H3. The maximum absolute atomic E-state index is 13.9. The zero-order valence-electron chi connectivity index (χ0n) is 12.3. The number of nitrogens with zero attached hydrogens (tertiary/aromatic N) is 1. The molecule has 2 aromatic rings. The molecular formula is C16H14F2N2O3. The van der Waals surface area contributed by atoms with Crippen molar-refractivity contribution in [2.24, 2.45) is 0 Å². The molecule has 23 heavy (non-hydrogen) atoms. The van der Waals surface area contributed by atoms with Gasteiger partial charge < -0.3 is 10.1 Å². The highest BCUT2D eigenvalue weighted by Crippen LogP contribution is 2.38. The first-order valence-electron chi connectivity index (χ1n) is 6.67. The smallest absolute Gasteiger partial charge is 0.334 e. The van der Waals surface area contributed by atoms with Crippen LogP contribution in [0.1, 0.15) is 5.56 Å². The number of hydrogen-bond donors (Lipinski definition) is 1. The fourth-order valence-corrected chi connectivity index (χ4v) is 1.98. The lowest BCUT2D eigenvalue weighted by atomic mass is 10.2. The van der Waals surface area contributed by atoms with Crippen LogP contribution < -0.4 is 10.1 Å². The molecule has 0 atom stereocenters. The average Bonchev–Trinajstić information content (AvgIpc) is 2.47. The number of ether oxygens (including phenoxy) is 1. The number of halogens is 2. The van der Waals surface area contributed by atoms with E-state index in [-0.39, 0.29) is 23.7 Å². The van der Waals surface area contributed by atoms with Gasteiger partial charge in [0.15, 0.2) is 0 Å². The fraction of sp³-hybridized carbons (Fsp3) is 0.125. The Kier molecular flexibility index (Phi) is 4.90. The number of nitro groups is 1. The van der Waals surface area contributed by atoms with E-state index in [9.17, 15) is 18.9 Å². The van der Waals surface area contributed by atoms with E-state index in [1.807, 2.05) is 0 Å². The molecule has 0 spiro atoms. The molecule has 0 fully saturated rings. The van der Waals surface area contributed by atoms with Crippen LogP contribution in [0.15, 0.2) is 43.0 Å². The molecule has 0 aliphatic carbocycles. The SMILES string of the molecule is C=CCOc1cc(F)cc(Nc2ccc(C)cc2F)c1[N+](=O)[O-]. The van der Waals surface area contributed by atoms with Crippen LogP contribution in [0.2, 0.25) is 0 Å². The normalized spacial score (nSPS) is 10.2. The molecule has 0 aliphatic heterocycles. The zero-order chi connectivity index (χ0) is 17.0. The van der Waals surface area contributed by atoms with Gasteiger partial charge in [-0.05, 0) is 24.6 Å². The molecule has 0 unspecified atom stereocenters. The van der Waals surface area contributed by atoms with Crippen molar-refractivity contribution in [3.8, 4) is 5.75 Å². The van der Waals surface area contributed by atoms with Crippen molar-refractivity contribution in [3.63, 3.8) is 0 Å². The van der Waals surface area contributed by atoms with E-state index in [2.05, 4.69) is 11.9 Å². The van der Waals surface area contributed by atoms with Crippen LogP contribution in [0.5, 0.6) is 5.75 Å². The summed E-state index contributed by atoms with van der Waals surface area (Å²) in [6.45, 7) is 5.11. The summed E-state index contributed by atoms with van der Waals surface area (Å²) in [5.41, 5.74) is 0.0146. The third kappa shape index (κ3) is 3.82. The molecule has 1 N–H and O–H groups in total. The van der Waals surface area contributed by atoms with Crippen molar-refractivity contribution in [1.29, 1.82) is 0 Å². The Morgan fingerprint density at radius 1 is 1.30 bits per heavy atom. The first-order valence-corrected chi connectivity index (χ1v) is 6.67. The van der Waals surface area contributed by atoms with E-state index in [0.717, 1.165) is 12.1 Å². The van der Waals surface area contributed by atoms with Crippen LogP contribution in [-0.4, -0.2) is 11.5 Å². The molecular weight excluding hydrogens is 306 g/mol. The summed E-state index contributed by atoms with van der Waals surface area (Å²) in [7, 11) is 0. The highest BCUT2D eigenvalue weighted by molar-refractivity contribution is 5.74. The van der Waals surface area contributed by atoms with Crippen molar-refractivity contribution in [2.45, 2.75) is 6.92 Å². The molecule has 2 aromatic carbocycles. The highest BCUT2D eigenvalue weighted by atomic mass is 19.1. The third-order valence-electron chi connectivity index (χ3n) is 2.97. The summed E-state index contributed by atoms with van der Waals surface area (Å²) < 4.78 is 32.7. The van der Waals surface area contributed by atoms with Crippen molar-refractivity contribution < 1.29 is 18.4 Å². The number of benzene rings is 2. The molecule has 0 amide bonds. The highest BCUT2D eigenvalue weighted by Gasteiger charge is 2.24.